The number of benzene rings is 2. The number of nitrogens with one attached hydrogen (secondary N) is 1. The maximum atomic E-state index is 12.9. The lowest BCUT2D eigenvalue weighted by molar-refractivity contribution is -0.113. The highest BCUT2D eigenvalue weighted by Crippen LogP contribution is 2.28. The summed E-state index contributed by atoms with van der Waals surface area (Å²) in [6.45, 7) is 5.84. The summed E-state index contributed by atoms with van der Waals surface area (Å²) in [5, 5.41) is 13.8. The van der Waals surface area contributed by atoms with Crippen molar-refractivity contribution in [2.24, 2.45) is 19.1 Å². The molecule has 0 bridgehead atoms. The molecule has 1 heterocycles. The maximum Gasteiger partial charge on any atom is 0.333 e. The van der Waals surface area contributed by atoms with Gasteiger partial charge < -0.3 is 10.4 Å². The molecule has 2 aromatic carbocycles. The molecule has 2 N–H and O–H groups in total. The maximum absolute atomic E-state index is 12.9. The fraction of sp³-hybridized carbons (Fsp3) is 0.280. The van der Waals surface area contributed by atoms with E-state index in [0.29, 0.717) is 5.69 Å². The first kappa shape index (κ1) is 26.5. The van der Waals surface area contributed by atoms with Crippen LogP contribution in [0.2, 0.25) is 0 Å². The first-order valence-corrected chi connectivity index (χ1v) is 12.7. The summed E-state index contributed by atoms with van der Waals surface area (Å²) in [6, 6.07) is 11.2. The molecule has 0 aliphatic rings. The highest BCUT2D eigenvalue weighted by atomic mass is 79.9. The van der Waals surface area contributed by atoms with Crippen LogP contribution in [-0.4, -0.2) is 30.9 Å². The molecule has 0 saturated heterocycles. The number of aryl methyl sites for hydroxylation is 3. The second-order valence-corrected chi connectivity index (χ2v) is 9.99. The Labute approximate surface area is 215 Å². The largest absolute Gasteiger partial charge is 0.494 e. The van der Waals surface area contributed by atoms with E-state index in [1.54, 1.807) is 6.07 Å². The molecule has 3 aromatic rings. The van der Waals surface area contributed by atoms with E-state index in [1.807, 2.05) is 51.1 Å². The molecule has 0 aliphatic carbocycles. The number of hydrogen-bond donors (Lipinski definition) is 2. The zero-order valence-corrected chi connectivity index (χ0v) is 22.6. The van der Waals surface area contributed by atoms with Gasteiger partial charge in [-0.05, 0) is 61.2 Å². The van der Waals surface area contributed by atoms with E-state index in [-0.39, 0.29) is 22.3 Å². The molecular weight excluding hydrogens is 532 g/mol. The van der Waals surface area contributed by atoms with Crippen LogP contribution in [0.3, 0.4) is 0 Å². The number of amides is 1. The van der Waals surface area contributed by atoms with E-state index in [2.05, 4.69) is 26.2 Å². The number of thioether (sulfide) groups is 1. The van der Waals surface area contributed by atoms with Crippen molar-refractivity contribution in [3.8, 4) is 5.88 Å². The molecule has 1 amide bonds. The van der Waals surface area contributed by atoms with E-state index < -0.39 is 17.1 Å². The van der Waals surface area contributed by atoms with Crippen LogP contribution in [0.5, 0.6) is 5.88 Å². The molecule has 0 fully saturated rings. The van der Waals surface area contributed by atoms with Gasteiger partial charge in [-0.2, -0.15) is 0 Å². The fourth-order valence-electron chi connectivity index (χ4n) is 3.58. The number of nitrogens with zero attached hydrogens (tertiary/aromatic N) is 3. The van der Waals surface area contributed by atoms with Gasteiger partial charge >= 0.3 is 5.69 Å². The Morgan fingerprint density at radius 2 is 1.86 bits per heavy atom. The number of carbonyl (C=O) groups excluding carboxylic acids is 1. The van der Waals surface area contributed by atoms with Crippen LogP contribution >= 0.6 is 27.7 Å². The number of halogens is 1. The number of anilines is 1. The van der Waals surface area contributed by atoms with Crippen LogP contribution in [0.25, 0.3) is 0 Å². The first-order valence-electron chi connectivity index (χ1n) is 10.9. The van der Waals surface area contributed by atoms with E-state index in [0.717, 1.165) is 54.2 Å². The Morgan fingerprint density at radius 3 is 2.51 bits per heavy atom. The van der Waals surface area contributed by atoms with Gasteiger partial charge in [0.1, 0.15) is 10.6 Å². The summed E-state index contributed by atoms with van der Waals surface area (Å²) >= 11 is 4.50. The van der Waals surface area contributed by atoms with Gasteiger partial charge in [-0.3, -0.25) is 18.7 Å². The second kappa shape index (κ2) is 11.1. The Balaban J connectivity index is 2.00. The molecule has 10 heteroatoms. The lowest BCUT2D eigenvalue weighted by Crippen LogP contribution is -2.39. The Bertz CT molecular complexity index is 1440. The van der Waals surface area contributed by atoms with Gasteiger partial charge in [0.15, 0.2) is 0 Å². The van der Waals surface area contributed by atoms with Gasteiger partial charge in [0.25, 0.3) is 5.56 Å². The quantitative estimate of drug-likeness (QED) is 0.348. The summed E-state index contributed by atoms with van der Waals surface area (Å²) in [4.78, 5) is 42.7. The zero-order chi connectivity index (χ0) is 25.9. The van der Waals surface area contributed by atoms with Gasteiger partial charge in [0.05, 0.1) is 11.4 Å². The van der Waals surface area contributed by atoms with Gasteiger partial charge in [-0.15, -0.1) is 0 Å². The van der Waals surface area contributed by atoms with Crippen molar-refractivity contribution in [3.63, 3.8) is 0 Å². The van der Waals surface area contributed by atoms with Gasteiger partial charge in [0, 0.05) is 24.3 Å². The van der Waals surface area contributed by atoms with Crippen molar-refractivity contribution in [2.75, 3.05) is 11.1 Å². The minimum absolute atomic E-state index is 0.0608. The smallest absolute Gasteiger partial charge is 0.333 e. The Hall–Kier alpha value is -3.11. The van der Waals surface area contributed by atoms with Crippen LogP contribution in [0.15, 0.2) is 55.5 Å². The predicted octanol–water partition coefficient (Wildman–Crippen LogP) is 4.18. The lowest BCUT2D eigenvalue weighted by atomic mass is 10.1. The normalized spacial score (nSPS) is 11.5. The van der Waals surface area contributed by atoms with Crippen molar-refractivity contribution in [2.45, 2.75) is 27.2 Å². The van der Waals surface area contributed by atoms with E-state index in [1.165, 1.54) is 14.1 Å². The van der Waals surface area contributed by atoms with Crippen molar-refractivity contribution < 1.29 is 9.90 Å². The minimum atomic E-state index is -0.693. The van der Waals surface area contributed by atoms with Crippen LogP contribution in [0, 0.1) is 13.8 Å². The van der Waals surface area contributed by atoms with Crippen LogP contribution < -0.4 is 16.6 Å². The molecule has 184 valence electrons. The Morgan fingerprint density at radius 1 is 1.14 bits per heavy atom. The number of hydrogen-bond acceptors (Lipinski definition) is 6. The molecule has 0 spiro atoms. The highest BCUT2D eigenvalue weighted by molar-refractivity contribution is 9.10. The highest BCUT2D eigenvalue weighted by Gasteiger charge is 2.22. The Kier molecular flexibility index (Phi) is 8.39. The van der Waals surface area contributed by atoms with E-state index in [9.17, 15) is 19.5 Å². The molecule has 8 nitrogen and oxygen atoms in total. The topological polar surface area (TPSA) is 106 Å². The summed E-state index contributed by atoms with van der Waals surface area (Å²) in [5.74, 6) is -0.850. The standard InChI is InChI=1S/C25H27BrN4O4S/c1-6-16-12-17(26)11-15(3)21(16)28-19(31)13-35-22(27-18-9-7-8-14(2)10-18)20-23(32)29(4)25(34)30(5)24(20)33/h7-12,32H,6,13H2,1-5H3,(H,28,31). The number of aromatic nitrogens is 2. The molecule has 1 aromatic heterocycles. The molecule has 0 unspecified atom stereocenters. The van der Waals surface area contributed by atoms with E-state index >= 15 is 0 Å². The van der Waals surface area contributed by atoms with Crippen molar-refractivity contribution >= 4 is 50.0 Å². The third-order valence-corrected chi connectivity index (χ3v) is 6.88. The monoisotopic (exact) mass is 558 g/mol. The number of rotatable bonds is 6. The van der Waals surface area contributed by atoms with Crippen LogP contribution in [0.1, 0.15) is 29.2 Å². The van der Waals surface area contributed by atoms with Gasteiger partial charge in [-0.1, -0.05) is 46.7 Å². The molecule has 35 heavy (non-hydrogen) atoms. The third-order valence-electron chi connectivity index (χ3n) is 5.45. The molecule has 0 radical (unpaired) electrons. The molecule has 3 rings (SSSR count). The minimum Gasteiger partial charge on any atom is -0.494 e. The fourth-order valence-corrected chi connectivity index (χ4v) is 5.03. The van der Waals surface area contributed by atoms with Crippen molar-refractivity contribution in [3.05, 3.63) is 84.0 Å². The molecule has 0 saturated carbocycles. The summed E-state index contributed by atoms with van der Waals surface area (Å²) in [5.41, 5.74) is 2.70. The summed E-state index contributed by atoms with van der Waals surface area (Å²) in [7, 11) is 2.70. The SMILES string of the molecule is CCc1cc(Br)cc(C)c1NC(=O)CSC(=Nc1cccc(C)c1)c1c(O)n(C)c(=O)n(C)c1=O. The number of aliphatic imine (C=N–C) groups is 1. The molecule has 0 aliphatic heterocycles. The molecule has 0 atom stereocenters. The molecular formula is C25H27BrN4O4S. The predicted molar refractivity (Wildman–Crippen MR) is 145 cm³/mol. The average Bonchev–Trinajstić information content (AvgIpc) is 2.81. The second-order valence-electron chi connectivity index (χ2n) is 8.11. The summed E-state index contributed by atoms with van der Waals surface area (Å²) in [6.07, 6.45) is 0.741. The summed E-state index contributed by atoms with van der Waals surface area (Å²) < 4.78 is 2.81. The van der Waals surface area contributed by atoms with Gasteiger partial charge in [-0.25, -0.2) is 9.79 Å². The van der Waals surface area contributed by atoms with Crippen LogP contribution in [0.4, 0.5) is 11.4 Å². The third kappa shape index (κ3) is 5.94. The first-order chi connectivity index (χ1) is 16.5. The lowest BCUT2D eigenvalue weighted by Gasteiger charge is -2.15. The average molecular weight is 559 g/mol. The zero-order valence-electron chi connectivity index (χ0n) is 20.2. The van der Waals surface area contributed by atoms with E-state index in [4.69, 9.17) is 0 Å². The number of carbonyl (C=O) groups is 1. The van der Waals surface area contributed by atoms with Gasteiger partial charge in [0.2, 0.25) is 11.8 Å². The van der Waals surface area contributed by atoms with Crippen molar-refractivity contribution in [1.29, 1.82) is 0 Å². The number of aromatic hydroxyl groups is 1. The van der Waals surface area contributed by atoms with Crippen LogP contribution in [-0.2, 0) is 25.3 Å². The van der Waals surface area contributed by atoms with Crippen molar-refractivity contribution in [1.82, 2.24) is 9.13 Å².